The summed E-state index contributed by atoms with van der Waals surface area (Å²) in [4.78, 5) is 25.6. The minimum Gasteiger partial charge on any atom is -0.375 e. The fourth-order valence-electron chi connectivity index (χ4n) is 4.52. The van der Waals surface area contributed by atoms with Gasteiger partial charge in [0.05, 0.1) is 22.6 Å². The van der Waals surface area contributed by atoms with E-state index in [4.69, 9.17) is 4.74 Å². The van der Waals surface area contributed by atoms with Gasteiger partial charge in [-0.15, -0.1) is 0 Å². The lowest BCUT2D eigenvalue weighted by Gasteiger charge is -2.36. The van der Waals surface area contributed by atoms with E-state index in [1.165, 1.54) is 25.2 Å². The predicted octanol–water partition coefficient (Wildman–Crippen LogP) is 4.48. The Morgan fingerprint density at radius 3 is 2.59 bits per heavy atom. The first kappa shape index (κ1) is 24.0. The van der Waals surface area contributed by atoms with Crippen molar-refractivity contribution in [3.05, 3.63) is 68.1 Å². The Hall–Kier alpha value is -3.14. The molecule has 0 unspecified atom stereocenters. The number of aromatic nitrogens is 3. The highest BCUT2D eigenvalue weighted by atomic mass is 19.3. The summed E-state index contributed by atoms with van der Waals surface area (Å²) in [6, 6.07) is 4.25. The van der Waals surface area contributed by atoms with Crippen LogP contribution < -0.4 is 16.4 Å². The standard InChI is InChI=1S/C24H27F3N4O3/c1-13(15-6-5-7-16(20(15)25)21(26)27)28-22-18-12-31(14-8-9-34-24(2,3)11-14)19(32)10-17(18)23(33)30(4)29-22/h5-7,10,12-14,21H,8-9,11H2,1-4H3,(H,28,29)/t13-,14-/m1/s1. The highest BCUT2D eigenvalue weighted by Gasteiger charge is 2.30. The molecule has 0 amide bonds. The molecule has 4 rings (SSSR count). The minimum absolute atomic E-state index is 0.0427. The summed E-state index contributed by atoms with van der Waals surface area (Å²) in [5, 5.41) is 7.89. The summed E-state index contributed by atoms with van der Waals surface area (Å²) in [6.07, 6.45) is -0.0970. The second kappa shape index (κ2) is 8.90. The van der Waals surface area contributed by atoms with E-state index in [-0.39, 0.29) is 28.4 Å². The Kier molecular flexibility index (Phi) is 6.28. The van der Waals surface area contributed by atoms with Gasteiger partial charge in [-0.05, 0) is 33.6 Å². The van der Waals surface area contributed by atoms with Crippen LogP contribution in [0.3, 0.4) is 0 Å². The van der Waals surface area contributed by atoms with Crippen molar-refractivity contribution < 1.29 is 17.9 Å². The van der Waals surface area contributed by atoms with Gasteiger partial charge in [0.25, 0.3) is 17.5 Å². The van der Waals surface area contributed by atoms with E-state index in [0.29, 0.717) is 24.8 Å². The van der Waals surface area contributed by atoms with Crippen LogP contribution in [0.5, 0.6) is 0 Å². The molecule has 1 fully saturated rings. The number of benzene rings is 1. The molecular weight excluding hydrogens is 449 g/mol. The van der Waals surface area contributed by atoms with Crippen molar-refractivity contribution in [2.24, 2.45) is 7.05 Å². The van der Waals surface area contributed by atoms with Crippen LogP contribution in [0.25, 0.3) is 10.8 Å². The van der Waals surface area contributed by atoms with Gasteiger partial charge in [0.15, 0.2) is 5.82 Å². The highest BCUT2D eigenvalue weighted by Crippen LogP contribution is 2.33. The van der Waals surface area contributed by atoms with Crippen molar-refractivity contribution in [1.29, 1.82) is 0 Å². The van der Waals surface area contributed by atoms with Crippen molar-refractivity contribution in [2.45, 2.75) is 57.7 Å². The number of ether oxygens (including phenoxy) is 1. The zero-order chi connectivity index (χ0) is 24.8. The second-order valence-electron chi connectivity index (χ2n) is 9.30. The first-order chi connectivity index (χ1) is 16.0. The molecule has 0 spiro atoms. The average molecular weight is 476 g/mol. The van der Waals surface area contributed by atoms with E-state index in [9.17, 15) is 22.8 Å². The average Bonchev–Trinajstić information content (AvgIpc) is 2.76. The van der Waals surface area contributed by atoms with E-state index in [1.54, 1.807) is 17.7 Å². The van der Waals surface area contributed by atoms with Crippen LogP contribution in [0, 0.1) is 5.82 Å². The summed E-state index contributed by atoms with van der Waals surface area (Å²) >= 11 is 0. The molecule has 2 aromatic heterocycles. The van der Waals surface area contributed by atoms with Gasteiger partial charge in [-0.25, -0.2) is 17.9 Å². The van der Waals surface area contributed by atoms with Gasteiger partial charge >= 0.3 is 0 Å². The lowest BCUT2D eigenvalue weighted by Crippen LogP contribution is -2.38. The molecule has 1 aliphatic rings. The molecule has 0 bridgehead atoms. The summed E-state index contributed by atoms with van der Waals surface area (Å²) in [5.41, 5.74) is -1.80. The normalized spacial score (nSPS) is 18.9. The third kappa shape index (κ3) is 4.46. The maximum atomic E-state index is 14.7. The van der Waals surface area contributed by atoms with E-state index >= 15 is 0 Å². The van der Waals surface area contributed by atoms with Gasteiger partial charge in [-0.3, -0.25) is 9.59 Å². The Morgan fingerprint density at radius 1 is 1.21 bits per heavy atom. The molecule has 3 heterocycles. The van der Waals surface area contributed by atoms with Gasteiger partial charge in [0, 0.05) is 42.9 Å². The lowest BCUT2D eigenvalue weighted by molar-refractivity contribution is -0.0695. The second-order valence-corrected chi connectivity index (χ2v) is 9.30. The first-order valence-corrected chi connectivity index (χ1v) is 11.1. The topological polar surface area (TPSA) is 78.2 Å². The smallest absolute Gasteiger partial charge is 0.274 e. The van der Waals surface area contributed by atoms with Crippen LogP contribution in [-0.2, 0) is 11.8 Å². The Labute approximate surface area is 194 Å². The van der Waals surface area contributed by atoms with Crippen molar-refractivity contribution in [3.8, 4) is 0 Å². The number of hydrogen-bond donors (Lipinski definition) is 1. The number of fused-ring (bicyclic) bond motifs is 1. The van der Waals surface area contributed by atoms with Crippen molar-refractivity contribution in [3.63, 3.8) is 0 Å². The van der Waals surface area contributed by atoms with Gasteiger partial charge in [-0.2, -0.15) is 5.10 Å². The van der Waals surface area contributed by atoms with Crippen LogP contribution in [0.1, 0.15) is 63.2 Å². The van der Waals surface area contributed by atoms with Crippen molar-refractivity contribution >= 4 is 16.6 Å². The molecule has 0 aliphatic carbocycles. The van der Waals surface area contributed by atoms with Crippen LogP contribution in [0.4, 0.5) is 19.0 Å². The number of aryl methyl sites for hydroxylation is 1. The van der Waals surface area contributed by atoms with Crippen LogP contribution >= 0.6 is 0 Å². The fraction of sp³-hybridized carbons (Fsp3) is 0.458. The van der Waals surface area contributed by atoms with E-state index in [0.717, 1.165) is 10.7 Å². The maximum absolute atomic E-state index is 14.7. The molecule has 34 heavy (non-hydrogen) atoms. The number of alkyl halides is 2. The monoisotopic (exact) mass is 476 g/mol. The molecule has 182 valence electrons. The van der Waals surface area contributed by atoms with E-state index in [2.05, 4.69) is 10.4 Å². The molecule has 0 radical (unpaired) electrons. The number of anilines is 1. The summed E-state index contributed by atoms with van der Waals surface area (Å²) in [6.45, 7) is 6.03. The third-order valence-electron chi connectivity index (χ3n) is 6.29. The van der Waals surface area contributed by atoms with Crippen LogP contribution in [-0.4, -0.2) is 26.6 Å². The summed E-state index contributed by atoms with van der Waals surface area (Å²) < 4.78 is 49.5. The summed E-state index contributed by atoms with van der Waals surface area (Å²) in [7, 11) is 1.45. The molecule has 1 N–H and O–H groups in total. The quantitative estimate of drug-likeness (QED) is 0.588. The van der Waals surface area contributed by atoms with Crippen LogP contribution in [0.15, 0.2) is 40.1 Å². The Morgan fingerprint density at radius 2 is 1.91 bits per heavy atom. The Balaban J connectivity index is 1.80. The molecule has 10 heteroatoms. The van der Waals surface area contributed by atoms with Crippen molar-refractivity contribution in [1.82, 2.24) is 14.3 Å². The van der Waals surface area contributed by atoms with Crippen molar-refractivity contribution in [2.75, 3.05) is 11.9 Å². The van der Waals surface area contributed by atoms with Gasteiger partial charge in [0.2, 0.25) is 0 Å². The SMILES string of the molecule is C[C@@H](Nc1nn(C)c(=O)c2cc(=O)n([C@@H]3CCOC(C)(C)C3)cc12)c1cccc(C(F)F)c1F. The van der Waals surface area contributed by atoms with E-state index < -0.39 is 35.0 Å². The van der Waals surface area contributed by atoms with Gasteiger partial charge < -0.3 is 14.6 Å². The number of pyridine rings is 1. The lowest BCUT2D eigenvalue weighted by atomic mass is 9.93. The molecule has 3 aromatic rings. The zero-order valence-corrected chi connectivity index (χ0v) is 19.4. The minimum atomic E-state index is -2.94. The molecule has 1 aliphatic heterocycles. The number of halogens is 3. The van der Waals surface area contributed by atoms with Crippen LogP contribution in [0.2, 0.25) is 0 Å². The molecular formula is C24H27F3N4O3. The number of nitrogens with zero attached hydrogens (tertiary/aromatic N) is 3. The highest BCUT2D eigenvalue weighted by molar-refractivity contribution is 5.90. The number of hydrogen-bond acceptors (Lipinski definition) is 5. The third-order valence-corrected chi connectivity index (χ3v) is 6.29. The number of rotatable bonds is 5. The molecule has 7 nitrogen and oxygen atoms in total. The van der Waals surface area contributed by atoms with E-state index in [1.807, 2.05) is 13.8 Å². The number of nitrogens with one attached hydrogen (secondary N) is 1. The maximum Gasteiger partial charge on any atom is 0.274 e. The predicted molar refractivity (Wildman–Crippen MR) is 123 cm³/mol. The molecule has 1 saturated heterocycles. The summed E-state index contributed by atoms with van der Waals surface area (Å²) in [5.74, 6) is -0.750. The molecule has 0 saturated carbocycles. The van der Waals surface area contributed by atoms with Gasteiger partial charge in [-0.1, -0.05) is 18.2 Å². The zero-order valence-electron chi connectivity index (χ0n) is 19.4. The molecule has 2 atom stereocenters. The van der Waals surface area contributed by atoms with Gasteiger partial charge in [0.1, 0.15) is 5.82 Å². The molecule has 1 aromatic carbocycles. The largest absolute Gasteiger partial charge is 0.375 e. The first-order valence-electron chi connectivity index (χ1n) is 11.1. The fourth-order valence-corrected chi connectivity index (χ4v) is 4.52. The Bertz CT molecular complexity index is 1350.